The number of alkyl halides is 7. The van der Waals surface area contributed by atoms with E-state index in [0.29, 0.717) is 36.8 Å². The first kappa shape index (κ1) is 34.8. The maximum atomic E-state index is 14.3. The molecule has 0 saturated heterocycles. The zero-order valence-electron chi connectivity index (χ0n) is 24.7. The number of hydrogen-bond donors (Lipinski definition) is 3. The molecule has 6 atom stereocenters. The standard InChI is InChI=1S/C32H45F7O3/c1-20-23(18-24(40)19-27(20)33)12-11-22-9-6-16-29(4)25(13-14-26(22)29)21(8-5-15-28(2,3)41)10-7-17-30(42,31(34,35)36)32(37,38)39/h7,11-12,17,21,24-27,40-42H,1,5-6,8-10,13-16,18-19H2,2-4H3/b17-7+,22-11+,23-12-/t21-,24?,25+,26?,27-,29+/m0/s1. The van der Waals surface area contributed by atoms with Gasteiger partial charge in [0.1, 0.15) is 6.17 Å². The highest BCUT2D eigenvalue weighted by Crippen LogP contribution is 2.60. The average Bonchev–Trinajstić information content (AvgIpc) is 3.19. The lowest BCUT2D eigenvalue weighted by atomic mass is 9.60. The van der Waals surface area contributed by atoms with Gasteiger partial charge in [-0.05, 0) is 112 Å². The van der Waals surface area contributed by atoms with Crippen molar-refractivity contribution >= 4 is 0 Å². The zero-order valence-corrected chi connectivity index (χ0v) is 24.7. The fourth-order valence-corrected chi connectivity index (χ4v) is 7.53. The van der Waals surface area contributed by atoms with Crippen molar-refractivity contribution in [3.63, 3.8) is 0 Å². The molecule has 3 rings (SSSR count). The Morgan fingerprint density at radius 3 is 2.29 bits per heavy atom. The van der Waals surface area contributed by atoms with Gasteiger partial charge in [0, 0.05) is 6.42 Å². The monoisotopic (exact) mass is 610 g/mol. The molecule has 0 heterocycles. The third kappa shape index (κ3) is 7.70. The zero-order chi connectivity index (χ0) is 31.7. The van der Waals surface area contributed by atoms with Crippen LogP contribution in [-0.2, 0) is 0 Å². The maximum absolute atomic E-state index is 14.3. The highest BCUT2D eigenvalue weighted by molar-refractivity contribution is 5.38. The number of hydrogen-bond acceptors (Lipinski definition) is 3. The van der Waals surface area contributed by atoms with E-state index in [0.717, 1.165) is 38.2 Å². The summed E-state index contributed by atoms with van der Waals surface area (Å²) >= 11 is 0. The van der Waals surface area contributed by atoms with Gasteiger partial charge in [0.2, 0.25) is 0 Å². The summed E-state index contributed by atoms with van der Waals surface area (Å²) in [6.07, 6.45) is -3.52. The van der Waals surface area contributed by atoms with E-state index < -0.39 is 35.8 Å². The molecule has 2 unspecified atom stereocenters. The van der Waals surface area contributed by atoms with Crippen LogP contribution in [0.4, 0.5) is 30.7 Å². The van der Waals surface area contributed by atoms with Crippen LogP contribution < -0.4 is 0 Å². The molecule has 3 aliphatic carbocycles. The molecule has 0 radical (unpaired) electrons. The Balaban J connectivity index is 1.87. The number of rotatable bonds is 9. The topological polar surface area (TPSA) is 60.7 Å². The summed E-state index contributed by atoms with van der Waals surface area (Å²) in [6.45, 7) is 9.29. The van der Waals surface area contributed by atoms with E-state index in [2.05, 4.69) is 13.5 Å². The Hall–Kier alpha value is -1.65. The highest BCUT2D eigenvalue weighted by Gasteiger charge is 2.69. The molecule has 0 amide bonds. The quantitative estimate of drug-likeness (QED) is 0.181. The number of halogens is 7. The van der Waals surface area contributed by atoms with Gasteiger partial charge in [-0.25, -0.2) is 4.39 Å². The van der Waals surface area contributed by atoms with Crippen molar-refractivity contribution in [1.29, 1.82) is 0 Å². The molecule has 0 bridgehead atoms. The Kier molecular flexibility index (Phi) is 10.6. The van der Waals surface area contributed by atoms with Crippen molar-refractivity contribution in [1.82, 2.24) is 0 Å². The van der Waals surface area contributed by atoms with Crippen molar-refractivity contribution in [2.45, 2.75) is 127 Å². The lowest BCUT2D eigenvalue weighted by Gasteiger charge is -2.45. The van der Waals surface area contributed by atoms with Crippen LogP contribution in [0.25, 0.3) is 0 Å². The molecule has 3 nitrogen and oxygen atoms in total. The third-order valence-corrected chi connectivity index (χ3v) is 9.86. The Morgan fingerprint density at radius 1 is 1.05 bits per heavy atom. The predicted octanol–water partition coefficient (Wildman–Crippen LogP) is 8.46. The first-order valence-electron chi connectivity index (χ1n) is 14.9. The van der Waals surface area contributed by atoms with E-state index >= 15 is 0 Å². The summed E-state index contributed by atoms with van der Waals surface area (Å²) < 4.78 is 93.8. The molecule has 10 heteroatoms. The van der Waals surface area contributed by atoms with Crippen molar-refractivity contribution in [3.05, 3.63) is 47.6 Å². The summed E-state index contributed by atoms with van der Waals surface area (Å²) in [7, 11) is 0. The normalized spacial score (nSPS) is 32.6. The summed E-state index contributed by atoms with van der Waals surface area (Å²) in [4.78, 5) is 0. The third-order valence-electron chi connectivity index (χ3n) is 9.86. The SMILES string of the molecule is C=C1/C(=C\C=C2/CCC[C@@]3(C)C2CC[C@@H]3[C@H](C/C=C/C(O)(C(F)(F)F)C(F)(F)F)CCCC(C)(C)O)CC(O)C[C@@H]1F. The van der Waals surface area contributed by atoms with Crippen LogP contribution in [0.5, 0.6) is 0 Å². The fraction of sp³-hybridized carbons (Fsp3) is 0.750. The summed E-state index contributed by atoms with van der Waals surface area (Å²) in [5, 5.41) is 29.8. The molecule has 0 aromatic heterocycles. The lowest BCUT2D eigenvalue weighted by Crippen LogP contribution is -2.55. The maximum Gasteiger partial charge on any atom is 0.429 e. The minimum Gasteiger partial charge on any atom is -0.393 e. The Morgan fingerprint density at radius 2 is 1.69 bits per heavy atom. The van der Waals surface area contributed by atoms with Crippen LogP contribution in [0.2, 0.25) is 0 Å². The molecule has 3 aliphatic rings. The van der Waals surface area contributed by atoms with E-state index in [-0.39, 0.29) is 42.1 Å². The van der Waals surface area contributed by atoms with Crippen LogP contribution in [0, 0.1) is 23.2 Å². The van der Waals surface area contributed by atoms with Crippen LogP contribution in [0.15, 0.2) is 47.6 Å². The van der Waals surface area contributed by atoms with Gasteiger partial charge >= 0.3 is 12.4 Å². The Bertz CT molecular complexity index is 1040. The second kappa shape index (κ2) is 12.8. The number of aliphatic hydroxyl groups excluding tert-OH is 1. The summed E-state index contributed by atoms with van der Waals surface area (Å²) in [5.74, 6) is -0.0847. The van der Waals surface area contributed by atoms with Gasteiger partial charge in [0.25, 0.3) is 5.60 Å². The van der Waals surface area contributed by atoms with Crippen molar-refractivity contribution in [2.75, 3.05) is 0 Å². The molecular formula is C32H45F7O3. The predicted molar refractivity (Wildman–Crippen MR) is 148 cm³/mol. The van der Waals surface area contributed by atoms with E-state index in [1.807, 2.05) is 12.2 Å². The number of allylic oxidation sites excluding steroid dienone is 5. The minimum absolute atomic E-state index is 0.0110. The largest absolute Gasteiger partial charge is 0.429 e. The number of aliphatic hydroxyl groups is 3. The van der Waals surface area contributed by atoms with Gasteiger partial charge in [0.05, 0.1) is 11.7 Å². The molecule has 3 fully saturated rings. The molecule has 3 saturated carbocycles. The van der Waals surface area contributed by atoms with Crippen molar-refractivity contribution in [2.24, 2.45) is 23.2 Å². The number of fused-ring (bicyclic) bond motifs is 1. The van der Waals surface area contributed by atoms with Crippen molar-refractivity contribution < 1.29 is 46.1 Å². The van der Waals surface area contributed by atoms with Crippen LogP contribution >= 0.6 is 0 Å². The van der Waals surface area contributed by atoms with Crippen LogP contribution in [0.1, 0.15) is 91.4 Å². The van der Waals surface area contributed by atoms with Gasteiger partial charge in [-0.3, -0.25) is 0 Å². The van der Waals surface area contributed by atoms with Gasteiger partial charge in [-0.1, -0.05) is 43.7 Å². The van der Waals surface area contributed by atoms with Gasteiger partial charge in [-0.2, -0.15) is 26.3 Å². The van der Waals surface area contributed by atoms with E-state index in [1.165, 1.54) is 5.57 Å². The molecule has 0 aliphatic heterocycles. The fourth-order valence-electron chi connectivity index (χ4n) is 7.53. The average molecular weight is 611 g/mol. The second-order valence-corrected chi connectivity index (χ2v) is 13.5. The molecule has 3 N–H and O–H groups in total. The molecule has 0 spiro atoms. The van der Waals surface area contributed by atoms with Gasteiger partial charge in [0.15, 0.2) is 0 Å². The first-order chi connectivity index (χ1) is 19.2. The van der Waals surface area contributed by atoms with Crippen LogP contribution in [0.3, 0.4) is 0 Å². The minimum atomic E-state index is -5.91. The van der Waals surface area contributed by atoms with E-state index in [1.54, 1.807) is 13.8 Å². The summed E-state index contributed by atoms with van der Waals surface area (Å²) in [5.41, 5.74) is -3.91. The first-order valence-corrected chi connectivity index (χ1v) is 14.9. The molecule has 240 valence electrons. The van der Waals surface area contributed by atoms with Crippen LogP contribution in [-0.4, -0.2) is 51.1 Å². The highest BCUT2D eigenvalue weighted by atomic mass is 19.4. The molecular weight excluding hydrogens is 565 g/mol. The Labute approximate surface area is 244 Å². The summed E-state index contributed by atoms with van der Waals surface area (Å²) in [6, 6.07) is 0. The second-order valence-electron chi connectivity index (χ2n) is 13.5. The van der Waals surface area contributed by atoms with Gasteiger partial charge in [-0.15, -0.1) is 0 Å². The van der Waals surface area contributed by atoms with E-state index in [4.69, 9.17) is 0 Å². The van der Waals surface area contributed by atoms with E-state index in [9.17, 15) is 46.1 Å². The lowest BCUT2D eigenvalue weighted by molar-refractivity contribution is -0.347. The molecule has 0 aromatic rings. The van der Waals surface area contributed by atoms with Gasteiger partial charge < -0.3 is 15.3 Å². The molecule has 0 aromatic carbocycles. The van der Waals surface area contributed by atoms with Crippen molar-refractivity contribution in [3.8, 4) is 0 Å². The molecule has 42 heavy (non-hydrogen) atoms. The smallest absolute Gasteiger partial charge is 0.393 e.